The third-order valence-electron chi connectivity index (χ3n) is 3.30. The Morgan fingerprint density at radius 2 is 2.20 bits per heavy atom. The lowest BCUT2D eigenvalue weighted by Crippen LogP contribution is -2.25. The van der Waals surface area contributed by atoms with Gasteiger partial charge in [-0.1, -0.05) is 12.1 Å². The highest BCUT2D eigenvalue weighted by Crippen LogP contribution is 2.19. The molecule has 0 aliphatic carbocycles. The average Bonchev–Trinajstić information content (AvgIpc) is 2.49. The van der Waals surface area contributed by atoms with Crippen LogP contribution in [0.2, 0.25) is 0 Å². The second kappa shape index (κ2) is 8.02. The Hall–Kier alpha value is -1.39. The molecular weight excluding hydrogens is 256 g/mol. The number of hydrogen-bond donors (Lipinski definition) is 0. The lowest BCUT2D eigenvalue weighted by molar-refractivity contribution is -0.0370. The number of Topliss-reactive ketones (excluding diaryl/α,β-unsaturated/α-hetero) is 1. The number of hydrogen-bond acceptors (Lipinski definition) is 4. The van der Waals surface area contributed by atoms with Crippen molar-refractivity contribution >= 4 is 5.78 Å². The predicted octanol–water partition coefficient (Wildman–Crippen LogP) is 2.85. The maximum atomic E-state index is 12.1. The van der Waals surface area contributed by atoms with Gasteiger partial charge in [0.2, 0.25) is 0 Å². The highest BCUT2D eigenvalue weighted by Gasteiger charge is 2.16. The number of ether oxygens (including phenoxy) is 3. The van der Waals surface area contributed by atoms with E-state index >= 15 is 0 Å². The highest BCUT2D eigenvalue weighted by molar-refractivity contribution is 5.99. The first-order valence-corrected chi connectivity index (χ1v) is 7.25. The molecule has 4 nitrogen and oxygen atoms in total. The lowest BCUT2D eigenvalue weighted by Gasteiger charge is -2.22. The van der Waals surface area contributed by atoms with Gasteiger partial charge in [-0.3, -0.25) is 4.79 Å². The van der Waals surface area contributed by atoms with Gasteiger partial charge in [-0.15, -0.1) is 0 Å². The summed E-state index contributed by atoms with van der Waals surface area (Å²) in [6, 6.07) is 7.27. The zero-order valence-electron chi connectivity index (χ0n) is 12.0. The normalized spacial score (nSPS) is 18.8. The first-order valence-electron chi connectivity index (χ1n) is 7.25. The van der Waals surface area contributed by atoms with Crippen LogP contribution in [0.4, 0.5) is 0 Å². The molecule has 0 radical (unpaired) electrons. The number of carbonyl (C=O) groups excluding carboxylic acids is 1. The molecule has 0 aromatic heterocycles. The smallest absolute Gasteiger partial charge is 0.192 e. The fourth-order valence-corrected chi connectivity index (χ4v) is 2.28. The topological polar surface area (TPSA) is 44.8 Å². The minimum absolute atomic E-state index is 0.0511. The number of carbonyl (C=O) groups is 1. The fraction of sp³-hybridized carbons (Fsp3) is 0.562. The van der Waals surface area contributed by atoms with Gasteiger partial charge < -0.3 is 14.2 Å². The standard InChI is InChI=1S/C16H22O4/c1-2-19-16-9-4-3-8-14(16)15(17)12-18-11-13-7-5-6-10-20-13/h3-4,8-9,13H,2,5-7,10-12H2,1H3. The summed E-state index contributed by atoms with van der Waals surface area (Å²) >= 11 is 0. The van der Waals surface area contributed by atoms with Gasteiger partial charge in [0.05, 0.1) is 24.9 Å². The van der Waals surface area contributed by atoms with E-state index in [9.17, 15) is 4.79 Å². The average molecular weight is 278 g/mol. The molecular formula is C16H22O4. The molecule has 0 amide bonds. The molecule has 0 spiro atoms. The van der Waals surface area contributed by atoms with E-state index in [-0.39, 0.29) is 18.5 Å². The quantitative estimate of drug-likeness (QED) is 0.719. The summed E-state index contributed by atoms with van der Waals surface area (Å²) in [5.74, 6) is 0.572. The first-order chi connectivity index (χ1) is 9.81. The van der Waals surface area contributed by atoms with Crippen LogP contribution in [0.1, 0.15) is 36.5 Å². The van der Waals surface area contributed by atoms with E-state index < -0.39 is 0 Å². The molecule has 1 aromatic carbocycles. The van der Waals surface area contributed by atoms with Gasteiger partial charge in [0, 0.05) is 6.61 Å². The fourth-order valence-electron chi connectivity index (χ4n) is 2.28. The summed E-state index contributed by atoms with van der Waals surface area (Å²) < 4.78 is 16.5. The van der Waals surface area contributed by atoms with Crippen molar-refractivity contribution in [3.05, 3.63) is 29.8 Å². The van der Waals surface area contributed by atoms with Crippen molar-refractivity contribution in [1.82, 2.24) is 0 Å². The van der Waals surface area contributed by atoms with Crippen molar-refractivity contribution in [2.24, 2.45) is 0 Å². The minimum atomic E-state index is -0.0511. The molecule has 1 atom stereocenters. The predicted molar refractivity (Wildman–Crippen MR) is 76.4 cm³/mol. The molecule has 1 aliphatic rings. The second-order valence-electron chi connectivity index (χ2n) is 4.86. The van der Waals surface area contributed by atoms with Crippen molar-refractivity contribution in [2.75, 3.05) is 26.4 Å². The number of ketones is 1. The molecule has 1 fully saturated rings. The van der Waals surface area contributed by atoms with Crippen LogP contribution in [0.5, 0.6) is 5.75 Å². The zero-order chi connectivity index (χ0) is 14.2. The van der Waals surface area contributed by atoms with Crippen LogP contribution in [0.15, 0.2) is 24.3 Å². The number of para-hydroxylation sites is 1. The third kappa shape index (κ3) is 4.32. The van der Waals surface area contributed by atoms with Crippen molar-refractivity contribution in [3.8, 4) is 5.75 Å². The van der Waals surface area contributed by atoms with Gasteiger partial charge in [-0.05, 0) is 38.3 Å². The summed E-state index contributed by atoms with van der Waals surface area (Å²) in [6.45, 7) is 3.81. The van der Waals surface area contributed by atoms with Crippen molar-refractivity contribution in [3.63, 3.8) is 0 Å². The van der Waals surface area contributed by atoms with E-state index in [4.69, 9.17) is 14.2 Å². The van der Waals surface area contributed by atoms with E-state index in [1.165, 1.54) is 6.42 Å². The maximum absolute atomic E-state index is 12.1. The van der Waals surface area contributed by atoms with Crippen LogP contribution in [-0.4, -0.2) is 38.3 Å². The van der Waals surface area contributed by atoms with Crippen molar-refractivity contribution in [1.29, 1.82) is 0 Å². The van der Waals surface area contributed by atoms with Crippen LogP contribution < -0.4 is 4.74 Å². The minimum Gasteiger partial charge on any atom is -0.493 e. The Kier molecular flexibility index (Phi) is 6.02. The van der Waals surface area contributed by atoms with E-state index in [0.717, 1.165) is 19.4 Å². The largest absolute Gasteiger partial charge is 0.493 e. The Bertz CT molecular complexity index is 424. The molecule has 0 saturated carbocycles. The summed E-state index contributed by atoms with van der Waals surface area (Å²) in [7, 11) is 0. The van der Waals surface area contributed by atoms with Gasteiger partial charge >= 0.3 is 0 Å². The zero-order valence-corrected chi connectivity index (χ0v) is 12.0. The molecule has 1 aromatic rings. The molecule has 0 bridgehead atoms. The van der Waals surface area contributed by atoms with Crippen LogP contribution in [0.3, 0.4) is 0 Å². The second-order valence-corrected chi connectivity index (χ2v) is 4.86. The molecule has 1 saturated heterocycles. The molecule has 20 heavy (non-hydrogen) atoms. The molecule has 4 heteroatoms. The Morgan fingerprint density at radius 1 is 1.35 bits per heavy atom. The molecule has 1 unspecified atom stereocenters. The molecule has 1 heterocycles. The molecule has 1 aliphatic heterocycles. The summed E-state index contributed by atoms with van der Waals surface area (Å²) in [5.41, 5.74) is 0.582. The van der Waals surface area contributed by atoms with Gasteiger partial charge in [-0.25, -0.2) is 0 Å². The third-order valence-corrected chi connectivity index (χ3v) is 3.30. The van der Waals surface area contributed by atoms with Crippen LogP contribution in [0.25, 0.3) is 0 Å². The Balaban J connectivity index is 1.82. The monoisotopic (exact) mass is 278 g/mol. The van der Waals surface area contributed by atoms with Gasteiger partial charge in [0.1, 0.15) is 12.4 Å². The summed E-state index contributed by atoms with van der Waals surface area (Å²) in [4.78, 5) is 12.1. The molecule has 0 N–H and O–H groups in total. The Morgan fingerprint density at radius 3 is 2.95 bits per heavy atom. The SMILES string of the molecule is CCOc1ccccc1C(=O)COCC1CCCCO1. The lowest BCUT2D eigenvalue weighted by atomic mass is 10.1. The van der Waals surface area contributed by atoms with Gasteiger partial charge in [-0.2, -0.15) is 0 Å². The van der Waals surface area contributed by atoms with Crippen LogP contribution in [0, 0.1) is 0 Å². The van der Waals surface area contributed by atoms with E-state index in [1.54, 1.807) is 12.1 Å². The van der Waals surface area contributed by atoms with Gasteiger partial charge in [0.25, 0.3) is 0 Å². The van der Waals surface area contributed by atoms with Crippen molar-refractivity contribution in [2.45, 2.75) is 32.3 Å². The molecule has 110 valence electrons. The van der Waals surface area contributed by atoms with E-state index in [0.29, 0.717) is 24.5 Å². The maximum Gasteiger partial charge on any atom is 0.192 e. The van der Waals surface area contributed by atoms with E-state index in [1.807, 2.05) is 19.1 Å². The van der Waals surface area contributed by atoms with Crippen molar-refractivity contribution < 1.29 is 19.0 Å². The number of benzene rings is 1. The van der Waals surface area contributed by atoms with Crippen LogP contribution in [-0.2, 0) is 9.47 Å². The van der Waals surface area contributed by atoms with Crippen LogP contribution >= 0.6 is 0 Å². The highest BCUT2D eigenvalue weighted by atomic mass is 16.5. The first kappa shape index (κ1) is 15.0. The summed E-state index contributed by atoms with van der Waals surface area (Å²) in [5, 5.41) is 0. The summed E-state index contributed by atoms with van der Waals surface area (Å²) in [6.07, 6.45) is 3.45. The van der Waals surface area contributed by atoms with Gasteiger partial charge in [0.15, 0.2) is 5.78 Å². The number of rotatable bonds is 7. The Labute approximate surface area is 120 Å². The van der Waals surface area contributed by atoms with E-state index in [2.05, 4.69) is 0 Å². The molecule has 2 rings (SSSR count).